The van der Waals surface area contributed by atoms with Gasteiger partial charge in [0.1, 0.15) is 6.04 Å². The maximum absolute atomic E-state index is 5.35. The number of dihydropyridines is 1. The fourth-order valence-corrected chi connectivity index (χ4v) is 8.25. The van der Waals surface area contributed by atoms with Crippen molar-refractivity contribution in [1.29, 1.82) is 0 Å². The Morgan fingerprint density at radius 1 is 0.720 bits per heavy atom. The molecule has 238 valence electrons. The molecule has 4 aromatic carbocycles. The summed E-state index contributed by atoms with van der Waals surface area (Å²) in [5, 5.41) is 2.64. The number of hydrogen-bond donors (Lipinski definition) is 0. The number of benzene rings is 4. The van der Waals surface area contributed by atoms with E-state index in [1.54, 1.807) is 0 Å². The van der Waals surface area contributed by atoms with E-state index in [1.165, 1.54) is 44.3 Å². The smallest absolute Gasteiger partial charge is 0.103 e. The zero-order chi connectivity index (χ0) is 33.0. The van der Waals surface area contributed by atoms with Gasteiger partial charge in [0.2, 0.25) is 0 Å². The summed E-state index contributed by atoms with van der Waals surface area (Å²) in [5.74, 6) is 0.518. The van der Waals surface area contributed by atoms with E-state index in [4.69, 9.17) is 15.0 Å². The number of hydrogen-bond acceptors (Lipinski definition) is 3. The Balaban J connectivity index is 0.960. The van der Waals surface area contributed by atoms with Crippen LogP contribution in [0, 0.1) is 5.92 Å². The SMILES string of the molecule is C1=CCC2C(=C1)N=C(C1=CC(c3ccc(C4=NC5c6nc(-c7ccccc7)ccc6C=CC5C=C4)cc3)=CCC1)c1ccc3ccccc3c12. The fourth-order valence-electron chi connectivity index (χ4n) is 8.25. The molecule has 0 amide bonds. The lowest BCUT2D eigenvalue weighted by Crippen LogP contribution is -2.20. The van der Waals surface area contributed by atoms with E-state index in [2.05, 4.69) is 152 Å². The Morgan fingerprint density at radius 3 is 2.48 bits per heavy atom. The molecule has 50 heavy (non-hydrogen) atoms. The maximum Gasteiger partial charge on any atom is 0.103 e. The molecule has 3 heteroatoms. The number of rotatable bonds is 4. The van der Waals surface area contributed by atoms with Gasteiger partial charge in [-0.05, 0) is 87.7 Å². The van der Waals surface area contributed by atoms with Gasteiger partial charge in [-0.3, -0.25) is 9.98 Å². The van der Waals surface area contributed by atoms with Crippen molar-refractivity contribution >= 4 is 33.8 Å². The third-order valence-electron chi connectivity index (χ3n) is 10.8. The van der Waals surface area contributed by atoms with E-state index < -0.39 is 0 Å². The molecule has 0 bridgehead atoms. The molecule has 1 aromatic heterocycles. The third-order valence-corrected chi connectivity index (χ3v) is 10.8. The van der Waals surface area contributed by atoms with Gasteiger partial charge in [-0.1, -0.05) is 134 Å². The van der Waals surface area contributed by atoms with Gasteiger partial charge in [0, 0.05) is 28.7 Å². The lowest BCUT2D eigenvalue weighted by Gasteiger charge is -2.31. The molecule has 0 radical (unpaired) electrons. The predicted octanol–water partition coefficient (Wildman–Crippen LogP) is 11.2. The van der Waals surface area contributed by atoms with E-state index in [0.29, 0.717) is 5.92 Å². The molecule has 2 aliphatic heterocycles. The van der Waals surface area contributed by atoms with E-state index >= 15 is 0 Å². The van der Waals surface area contributed by atoms with Crippen molar-refractivity contribution in [2.24, 2.45) is 15.9 Å². The molecule has 0 saturated carbocycles. The number of allylic oxidation sites excluding steroid dienone is 9. The zero-order valence-corrected chi connectivity index (χ0v) is 27.7. The van der Waals surface area contributed by atoms with E-state index in [9.17, 15) is 0 Å². The number of aromatic nitrogens is 1. The van der Waals surface area contributed by atoms with Crippen molar-refractivity contribution in [2.45, 2.75) is 31.2 Å². The molecule has 3 unspecified atom stereocenters. The quantitative estimate of drug-likeness (QED) is 0.192. The molecule has 3 nitrogen and oxygen atoms in total. The fraction of sp³-hybridized carbons (Fsp3) is 0.128. The first-order valence-corrected chi connectivity index (χ1v) is 17.8. The second kappa shape index (κ2) is 11.9. The van der Waals surface area contributed by atoms with Crippen molar-refractivity contribution in [3.8, 4) is 11.3 Å². The minimum absolute atomic E-state index is 0.0319. The van der Waals surface area contributed by atoms with Crippen LogP contribution in [0.15, 0.2) is 173 Å². The molecule has 10 rings (SSSR count). The van der Waals surface area contributed by atoms with Gasteiger partial charge in [-0.2, -0.15) is 0 Å². The Labute approximate surface area is 292 Å². The Morgan fingerprint density at radius 2 is 1.56 bits per heavy atom. The van der Waals surface area contributed by atoms with Gasteiger partial charge < -0.3 is 0 Å². The van der Waals surface area contributed by atoms with Crippen molar-refractivity contribution in [3.05, 3.63) is 197 Å². The first-order valence-electron chi connectivity index (χ1n) is 17.8. The van der Waals surface area contributed by atoms with Gasteiger partial charge in [-0.15, -0.1) is 0 Å². The van der Waals surface area contributed by atoms with Crippen molar-refractivity contribution in [2.75, 3.05) is 0 Å². The van der Waals surface area contributed by atoms with E-state index in [-0.39, 0.29) is 12.0 Å². The van der Waals surface area contributed by atoms with Crippen LogP contribution in [-0.2, 0) is 0 Å². The lowest BCUT2D eigenvalue weighted by molar-refractivity contribution is 0.592. The summed E-state index contributed by atoms with van der Waals surface area (Å²) in [4.78, 5) is 15.8. The highest BCUT2D eigenvalue weighted by atomic mass is 14.9. The average Bonchev–Trinajstić information content (AvgIpc) is 3.20. The summed E-state index contributed by atoms with van der Waals surface area (Å²) in [7, 11) is 0. The largest absolute Gasteiger partial charge is 0.274 e. The lowest BCUT2D eigenvalue weighted by atomic mass is 9.77. The molecular formula is C47H35N3. The summed E-state index contributed by atoms with van der Waals surface area (Å²) < 4.78 is 0. The second-order valence-corrected chi connectivity index (χ2v) is 13.8. The van der Waals surface area contributed by atoms with Gasteiger partial charge >= 0.3 is 0 Å². The highest BCUT2D eigenvalue weighted by Gasteiger charge is 2.31. The molecule has 3 aliphatic carbocycles. The van der Waals surface area contributed by atoms with Crippen LogP contribution in [0.25, 0.3) is 33.7 Å². The molecule has 3 atom stereocenters. The van der Waals surface area contributed by atoms with Crippen molar-refractivity contribution in [3.63, 3.8) is 0 Å². The topological polar surface area (TPSA) is 37.6 Å². The average molecular weight is 642 g/mol. The number of nitrogens with zero attached hydrogens (tertiary/aromatic N) is 3. The number of fused-ring (bicyclic) bond motifs is 8. The Hall–Kier alpha value is -5.93. The molecule has 5 aromatic rings. The van der Waals surface area contributed by atoms with Crippen LogP contribution >= 0.6 is 0 Å². The molecule has 3 heterocycles. The van der Waals surface area contributed by atoms with Crippen LogP contribution in [-0.4, -0.2) is 16.4 Å². The molecule has 0 fully saturated rings. The molecule has 0 saturated heterocycles. The second-order valence-electron chi connectivity index (χ2n) is 13.8. The minimum Gasteiger partial charge on any atom is -0.274 e. The van der Waals surface area contributed by atoms with Crippen LogP contribution in [0.4, 0.5) is 0 Å². The van der Waals surface area contributed by atoms with E-state index in [1.807, 2.05) is 6.07 Å². The summed E-state index contributed by atoms with van der Waals surface area (Å²) in [5.41, 5.74) is 15.3. The summed E-state index contributed by atoms with van der Waals surface area (Å²) in [6.07, 6.45) is 23.3. The van der Waals surface area contributed by atoms with Crippen LogP contribution in [0.5, 0.6) is 0 Å². The summed E-state index contributed by atoms with van der Waals surface area (Å²) in [6.45, 7) is 0. The Kier molecular flexibility index (Phi) is 6.90. The van der Waals surface area contributed by atoms with E-state index in [0.717, 1.165) is 58.8 Å². The van der Waals surface area contributed by atoms with Crippen LogP contribution < -0.4 is 0 Å². The van der Waals surface area contributed by atoms with Crippen LogP contribution in [0.3, 0.4) is 0 Å². The molecule has 0 N–H and O–H groups in total. The third kappa shape index (κ3) is 4.92. The van der Waals surface area contributed by atoms with Gasteiger partial charge in [0.15, 0.2) is 0 Å². The first-order chi connectivity index (χ1) is 24.8. The number of aliphatic imine (C=N–C) groups is 2. The van der Waals surface area contributed by atoms with Gasteiger partial charge in [-0.25, -0.2) is 4.98 Å². The van der Waals surface area contributed by atoms with Crippen LogP contribution in [0.1, 0.15) is 64.7 Å². The summed E-state index contributed by atoms with van der Waals surface area (Å²) in [6, 6.07) is 37.0. The number of pyridine rings is 1. The van der Waals surface area contributed by atoms with Crippen molar-refractivity contribution in [1.82, 2.24) is 4.98 Å². The van der Waals surface area contributed by atoms with Gasteiger partial charge in [0.05, 0.1) is 22.8 Å². The van der Waals surface area contributed by atoms with Gasteiger partial charge in [0.25, 0.3) is 0 Å². The standard InChI is InChI=1S/C47H35N3/c1-2-10-32(11-3-1)41-27-24-34-21-22-35-25-28-42(49-47(35)46(34)48-41)33-19-17-30(18-20-33)36-12-8-13-37(29-36)45-40-26-23-31-9-4-5-14-38(31)44(40)39-15-6-7-16-43(39)50-45/h1-7,9-12,14,16-29,35,39,47H,8,13,15H2. The summed E-state index contributed by atoms with van der Waals surface area (Å²) >= 11 is 0. The van der Waals surface area contributed by atoms with Crippen LogP contribution in [0.2, 0.25) is 0 Å². The highest BCUT2D eigenvalue weighted by molar-refractivity contribution is 6.18. The molecular weight excluding hydrogens is 607 g/mol. The van der Waals surface area contributed by atoms with Crippen molar-refractivity contribution < 1.29 is 0 Å². The first kappa shape index (κ1) is 29.0. The maximum atomic E-state index is 5.35. The zero-order valence-electron chi connectivity index (χ0n) is 27.7. The molecule has 5 aliphatic rings. The normalized spacial score (nSPS) is 21.5. The highest BCUT2D eigenvalue weighted by Crippen LogP contribution is 2.44. The minimum atomic E-state index is -0.0319. The molecule has 0 spiro atoms. The monoisotopic (exact) mass is 641 g/mol. The Bertz CT molecular complexity index is 2450. The predicted molar refractivity (Wildman–Crippen MR) is 207 cm³/mol.